The van der Waals surface area contributed by atoms with Gasteiger partial charge in [-0.15, -0.1) is 0 Å². The highest BCUT2D eigenvalue weighted by atomic mass is 15.2. The van der Waals surface area contributed by atoms with Gasteiger partial charge in [-0.2, -0.15) is 0 Å². The summed E-state index contributed by atoms with van der Waals surface area (Å²) in [6, 6.07) is 29.8. The number of anilines is 4. The monoisotopic (exact) mass is 366 g/mol. The zero-order valence-corrected chi connectivity index (χ0v) is 16.5. The van der Waals surface area contributed by atoms with E-state index in [1.807, 2.05) is 0 Å². The highest BCUT2D eigenvalue weighted by Gasteiger charge is 2.19. The average molecular weight is 367 g/mol. The van der Waals surface area contributed by atoms with Crippen LogP contribution in [0.15, 0.2) is 108 Å². The molecule has 1 aliphatic carbocycles. The van der Waals surface area contributed by atoms with Gasteiger partial charge in [-0.1, -0.05) is 60.2 Å². The standard InChI is InChI=1S/C26H26N2/c1-21-17-19-22(20-18-21)27(2)25-15-9-10-16-26(25)28(23-11-5-3-6-12-23)24-13-7-4-8-14-24/h3-17,19H,18,20H2,1-2H3. The zero-order valence-electron chi connectivity index (χ0n) is 16.5. The molecule has 0 spiro atoms. The van der Waals surface area contributed by atoms with Gasteiger partial charge in [-0.25, -0.2) is 0 Å². The Morgan fingerprint density at radius 3 is 1.68 bits per heavy atom. The Bertz CT molecular complexity index is 948. The van der Waals surface area contributed by atoms with Crippen molar-refractivity contribution in [3.63, 3.8) is 0 Å². The molecule has 0 aliphatic heterocycles. The van der Waals surface area contributed by atoms with E-state index in [-0.39, 0.29) is 0 Å². The molecular weight excluding hydrogens is 340 g/mol. The first-order chi connectivity index (χ1) is 13.7. The third-order valence-electron chi connectivity index (χ3n) is 5.28. The molecule has 1 aliphatic rings. The second-order valence-corrected chi connectivity index (χ2v) is 7.23. The molecule has 0 N–H and O–H groups in total. The normalized spacial score (nSPS) is 13.5. The minimum absolute atomic E-state index is 1.07. The molecule has 140 valence electrons. The van der Waals surface area contributed by atoms with Crippen LogP contribution in [-0.4, -0.2) is 7.05 Å². The van der Waals surface area contributed by atoms with Gasteiger partial charge in [0.15, 0.2) is 0 Å². The quantitative estimate of drug-likeness (QED) is 0.470. The molecule has 2 nitrogen and oxygen atoms in total. The minimum Gasteiger partial charge on any atom is -0.346 e. The Morgan fingerprint density at radius 2 is 1.14 bits per heavy atom. The van der Waals surface area contributed by atoms with Crippen molar-refractivity contribution in [3.05, 3.63) is 108 Å². The Hall–Kier alpha value is -3.26. The Kier molecular flexibility index (Phi) is 5.29. The highest BCUT2D eigenvalue weighted by molar-refractivity contribution is 5.85. The van der Waals surface area contributed by atoms with Gasteiger partial charge in [0.25, 0.3) is 0 Å². The molecule has 0 heterocycles. The topological polar surface area (TPSA) is 6.48 Å². The van der Waals surface area contributed by atoms with Crippen molar-refractivity contribution in [1.29, 1.82) is 0 Å². The van der Waals surface area contributed by atoms with E-state index in [4.69, 9.17) is 0 Å². The Labute approximate surface area is 168 Å². The predicted molar refractivity (Wildman–Crippen MR) is 121 cm³/mol. The molecule has 0 aromatic heterocycles. The number of para-hydroxylation sites is 4. The van der Waals surface area contributed by atoms with Crippen LogP contribution in [0.3, 0.4) is 0 Å². The van der Waals surface area contributed by atoms with Crippen molar-refractivity contribution >= 4 is 22.7 Å². The molecular formula is C26H26N2. The van der Waals surface area contributed by atoms with Gasteiger partial charge in [0.1, 0.15) is 0 Å². The summed E-state index contributed by atoms with van der Waals surface area (Å²) >= 11 is 0. The summed E-state index contributed by atoms with van der Waals surface area (Å²) < 4.78 is 0. The van der Waals surface area contributed by atoms with Crippen LogP contribution < -0.4 is 9.80 Å². The van der Waals surface area contributed by atoms with Gasteiger partial charge >= 0.3 is 0 Å². The van der Waals surface area contributed by atoms with Crippen LogP contribution in [0.1, 0.15) is 19.8 Å². The Morgan fingerprint density at radius 1 is 0.607 bits per heavy atom. The first kappa shape index (κ1) is 18.1. The first-order valence-corrected chi connectivity index (χ1v) is 9.83. The smallest absolute Gasteiger partial charge is 0.0698 e. The number of hydrogen-bond acceptors (Lipinski definition) is 2. The van der Waals surface area contributed by atoms with E-state index in [2.05, 4.69) is 121 Å². The maximum absolute atomic E-state index is 2.33. The van der Waals surface area contributed by atoms with Crippen LogP contribution in [0.2, 0.25) is 0 Å². The van der Waals surface area contributed by atoms with E-state index in [0.29, 0.717) is 0 Å². The fourth-order valence-electron chi connectivity index (χ4n) is 3.68. The number of rotatable bonds is 5. The van der Waals surface area contributed by atoms with Crippen LogP contribution in [0, 0.1) is 0 Å². The molecule has 0 radical (unpaired) electrons. The maximum Gasteiger partial charge on any atom is 0.0698 e. The molecule has 0 amide bonds. The lowest BCUT2D eigenvalue weighted by Gasteiger charge is -2.32. The molecule has 4 rings (SSSR count). The fraction of sp³-hybridized carbons (Fsp3) is 0.154. The molecule has 3 aromatic carbocycles. The van der Waals surface area contributed by atoms with Crippen molar-refractivity contribution in [2.75, 3.05) is 16.8 Å². The third-order valence-corrected chi connectivity index (χ3v) is 5.28. The molecule has 0 unspecified atom stereocenters. The van der Waals surface area contributed by atoms with Crippen molar-refractivity contribution in [1.82, 2.24) is 0 Å². The Balaban J connectivity index is 1.82. The molecule has 3 aromatic rings. The average Bonchev–Trinajstić information content (AvgIpc) is 2.76. The van der Waals surface area contributed by atoms with Gasteiger partial charge < -0.3 is 9.80 Å². The largest absolute Gasteiger partial charge is 0.346 e. The van der Waals surface area contributed by atoms with Crippen molar-refractivity contribution in [2.45, 2.75) is 19.8 Å². The lowest BCUT2D eigenvalue weighted by molar-refractivity contribution is 0.858. The second-order valence-electron chi connectivity index (χ2n) is 7.23. The number of benzene rings is 3. The number of nitrogens with zero attached hydrogens (tertiary/aromatic N) is 2. The summed E-state index contributed by atoms with van der Waals surface area (Å²) in [6.07, 6.45) is 6.69. The van der Waals surface area contributed by atoms with E-state index >= 15 is 0 Å². The lowest BCUT2D eigenvalue weighted by atomic mass is 10.0. The second kappa shape index (κ2) is 8.18. The van der Waals surface area contributed by atoms with Crippen molar-refractivity contribution in [3.8, 4) is 0 Å². The summed E-state index contributed by atoms with van der Waals surface area (Å²) in [5.74, 6) is 0. The number of hydrogen-bond donors (Lipinski definition) is 0. The molecule has 0 fully saturated rings. The molecule has 2 heteroatoms. The maximum atomic E-state index is 2.33. The summed E-state index contributed by atoms with van der Waals surface area (Å²) in [7, 11) is 2.17. The van der Waals surface area contributed by atoms with Crippen LogP contribution in [0.5, 0.6) is 0 Å². The molecule has 28 heavy (non-hydrogen) atoms. The molecule has 0 saturated heterocycles. The van der Waals surface area contributed by atoms with E-state index in [1.54, 1.807) is 0 Å². The van der Waals surface area contributed by atoms with E-state index < -0.39 is 0 Å². The van der Waals surface area contributed by atoms with Gasteiger partial charge in [-0.3, -0.25) is 0 Å². The summed E-state index contributed by atoms with van der Waals surface area (Å²) in [6.45, 7) is 2.20. The van der Waals surface area contributed by atoms with Crippen molar-refractivity contribution < 1.29 is 0 Å². The lowest BCUT2D eigenvalue weighted by Crippen LogP contribution is -2.21. The van der Waals surface area contributed by atoms with E-state index in [0.717, 1.165) is 24.2 Å². The van der Waals surface area contributed by atoms with E-state index in [1.165, 1.54) is 22.6 Å². The van der Waals surface area contributed by atoms with Gasteiger partial charge in [-0.05, 0) is 62.2 Å². The van der Waals surface area contributed by atoms with Crippen LogP contribution in [-0.2, 0) is 0 Å². The zero-order chi connectivity index (χ0) is 19.3. The SMILES string of the molecule is CC1=CC=C(N(C)c2ccccc2N(c2ccccc2)c2ccccc2)CC1. The third kappa shape index (κ3) is 3.72. The molecule has 0 saturated carbocycles. The summed E-state index contributed by atoms with van der Waals surface area (Å²) in [5, 5.41) is 0. The predicted octanol–water partition coefficient (Wildman–Crippen LogP) is 7.22. The van der Waals surface area contributed by atoms with Crippen LogP contribution in [0.25, 0.3) is 0 Å². The number of allylic oxidation sites excluding steroid dienone is 4. The van der Waals surface area contributed by atoms with Gasteiger partial charge in [0.05, 0.1) is 11.4 Å². The molecule has 0 atom stereocenters. The minimum atomic E-state index is 1.07. The van der Waals surface area contributed by atoms with Crippen LogP contribution >= 0.6 is 0 Å². The summed E-state index contributed by atoms with van der Waals surface area (Å²) in [4.78, 5) is 4.66. The van der Waals surface area contributed by atoms with Crippen molar-refractivity contribution in [2.24, 2.45) is 0 Å². The highest BCUT2D eigenvalue weighted by Crippen LogP contribution is 2.41. The van der Waals surface area contributed by atoms with Gasteiger partial charge in [0, 0.05) is 24.1 Å². The molecule has 0 bridgehead atoms. The first-order valence-electron chi connectivity index (χ1n) is 9.83. The van der Waals surface area contributed by atoms with E-state index in [9.17, 15) is 0 Å². The van der Waals surface area contributed by atoms with Crippen LogP contribution in [0.4, 0.5) is 22.7 Å². The summed E-state index contributed by atoms with van der Waals surface area (Å²) in [5.41, 5.74) is 7.48. The fourth-order valence-corrected chi connectivity index (χ4v) is 3.68. The van der Waals surface area contributed by atoms with Gasteiger partial charge in [0.2, 0.25) is 0 Å².